The first-order chi connectivity index (χ1) is 8.38. The molecule has 2 atom stereocenters. The average Bonchev–Trinajstić information content (AvgIpc) is 3.03. The van der Waals surface area contributed by atoms with Gasteiger partial charge in [0.2, 0.25) is 0 Å². The molecule has 0 spiro atoms. The highest BCUT2D eigenvalue weighted by Gasteiger charge is 2.37. The van der Waals surface area contributed by atoms with E-state index in [-0.39, 0.29) is 0 Å². The number of piperidine rings is 1. The summed E-state index contributed by atoms with van der Waals surface area (Å²) in [6, 6.07) is 7.91. The summed E-state index contributed by atoms with van der Waals surface area (Å²) < 4.78 is 0. The zero-order valence-electron chi connectivity index (χ0n) is 10.3. The van der Waals surface area contributed by atoms with Gasteiger partial charge in [0, 0.05) is 31.4 Å². The molecule has 3 aliphatic rings. The van der Waals surface area contributed by atoms with Crippen molar-refractivity contribution in [2.45, 2.75) is 38.3 Å². The second-order valence-corrected chi connectivity index (χ2v) is 5.93. The minimum absolute atomic E-state index is 0.890. The third kappa shape index (κ3) is 1.66. The molecule has 2 heteroatoms. The van der Waals surface area contributed by atoms with E-state index in [4.69, 9.17) is 0 Å². The number of likely N-dealkylation sites (tertiary alicyclic amines) is 1. The Kier molecular flexibility index (Phi) is 2.19. The highest BCUT2D eigenvalue weighted by Crippen LogP contribution is 2.38. The van der Waals surface area contributed by atoms with E-state index in [1.807, 2.05) is 0 Å². The maximum atomic E-state index is 3.48. The van der Waals surface area contributed by atoms with Gasteiger partial charge in [-0.25, -0.2) is 0 Å². The first-order valence-corrected chi connectivity index (χ1v) is 6.98. The van der Waals surface area contributed by atoms with Crippen molar-refractivity contribution in [2.75, 3.05) is 18.4 Å². The SMILES string of the molecule is c1cc2c(cc1CN1CC3CCC1C3)NCC2. The fourth-order valence-corrected chi connectivity index (χ4v) is 3.89. The molecule has 1 aromatic carbocycles. The zero-order chi connectivity index (χ0) is 11.2. The lowest BCUT2D eigenvalue weighted by atomic mass is 10.1. The predicted molar refractivity (Wildman–Crippen MR) is 70.2 cm³/mol. The molecule has 1 aromatic rings. The Labute approximate surface area is 103 Å². The molecule has 2 unspecified atom stereocenters. The Morgan fingerprint density at radius 3 is 3.12 bits per heavy atom. The van der Waals surface area contributed by atoms with Crippen LogP contribution in [-0.2, 0) is 13.0 Å². The van der Waals surface area contributed by atoms with Gasteiger partial charge in [0.05, 0.1) is 0 Å². The molecular weight excluding hydrogens is 208 g/mol. The molecule has 2 bridgehead atoms. The van der Waals surface area contributed by atoms with Crippen LogP contribution in [-0.4, -0.2) is 24.0 Å². The van der Waals surface area contributed by atoms with Crippen LogP contribution in [0.3, 0.4) is 0 Å². The topological polar surface area (TPSA) is 15.3 Å². The van der Waals surface area contributed by atoms with Crippen molar-refractivity contribution in [3.63, 3.8) is 0 Å². The van der Waals surface area contributed by atoms with Crippen molar-refractivity contribution < 1.29 is 0 Å². The van der Waals surface area contributed by atoms with Crippen LogP contribution in [0.25, 0.3) is 0 Å². The van der Waals surface area contributed by atoms with Gasteiger partial charge in [0.25, 0.3) is 0 Å². The van der Waals surface area contributed by atoms with Crippen molar-refractivity contribution in [3.05, 3.63) is 29.3 Å². The van der Waals surface area contributed by atoms with Crippen LogP contribution in [0.15, 0.2) is 18.2 Å². The average molecular weight is 228 g/mol. The summed E-state index contributed by atoms with van der Waals surface area (Å²) in [5.74, 6) is 1.01. The Bertz CT molecular complexity index is 441. The maximum Gasteiger partial charge on any atom is 0.0376 e. The predicted octanol–water partition coefficient (Wildman–Crippen LogP) is 2.64. The lowest BCUT2D eigenvalue weighted by Crippen LogP contribution is -2.31. The maximum absolute atomic E-state index is 3.48. The van der Waals surface area contributed by atoms with Crippen LogP contribution < -0.4 is 5.32 Å². The summed E-state index contributed by atoms with van der Waals surface area (Å²) in [5.41, 5.74) is 4.37. The van der Waals surface area contributed by atoms with Crippen LogP contribution in [0.4, 0.5) is 5.69 Å². The van der Waals surface area contributed by atoms with Crippen LogP contribution in [0.5, 0.6) is 0 Å². The molecule has 2 aliphatic heterocycles. The third-order valence-electron chi connectivity index (χ3n) is 4.79. The molecule has 1 saturated heterocycles. The molecule has 0 aromatic heterocycles. The highest BCUT2D eigenvalue weighted by atomic mass is 15.2. The van der Waals surface area contributed by atoms with E-state index in [9.17, 15) is 0 Å². The number of benzene rings is 1. The van der Waals surface area contributed by atoms with Gasteiger partial charge in [0.15, 0.2) is 0 Å². The summed E-state index contributed by atoms with van der Waals surface area (Å²) in [7, 11) is 0. The second-order valence-electron chi connectivity index (χ2n) is 5.93. The smallest absolute Gasteiger partial charge is 0.0376 e. The number of rotatable bonds is 2. The highest BCUT2D eigenvalue weighted by molar-refractivity contribution is 5.57. The monoisotopic (exact) mass is 228 g/mol. The number of hydrogen-bond acceptors (Lipinski definition) is 2. The summed E-state index contributed by atoms with van der Waals surface area (Å²) in [4.78, 5) is 2.70. The van der Waals surface area contributed by atoms with Crippen LogP contribution in [0.1, 0.15) is 30.4 Å². The van der Waals surface area contributed by atoms with E-state index in [0.29, 0.717) is 0 Å². The van der Waals surface area contributed by atoms with E-state index in [0.717, 1.165) is 25.0 Å². The number of nitrogens with one attached hydrogen (secondary N) is 1. The van der Waals surface area contributed by atoms with Gasteiger partial charge in [-0.15, -0.1) is 0 Å². The molecule has 2 nitrogen and oxygen atoms in total. The summed E-state index contributed by atoms with van der Waals surface area (Å²) in [6.07, 6.45) is 5.58. The van der Waals surface area contributed by atoms with Crippen molar-refractivity contribution in [1.29, 1.82) is 0 Å². The van der Waals surface area contributed by atoms with E-state index >= 15 is 0 Å². The van der Waals surface area contributed by atoms with Crippen molar-refractivity contribution in [2.24, 2.45) is 5.92 Å². The van der Waals surface area contributed by atoms with E-state index in [1.165, 1.54) is 49.0 Å². The lowest BCUT2D eigenvalue weighted by molar-refractivity contribution is 0.205. The summed E-state index contributed by atoms with van der Waals surface area (Å²) >= 11 is 0. The molecule has 1 saturated carbocycles. The molecule has 17 heavy (non-hydrogen) atoms. The van der Waals surface area contributed by atoms with Crippen molar-refractivity contribution in [3.8, 4) is 0 Å². The number of fused-ring (bicyclic) bond motifs is 3. The van der Waals surface area contributed by atoms with Crippen molar-refractivity contribution in [1.82, 2.24) is 4.90 Å². The summed E-state index contributed by atoms with van der Waals surface area (Å²) in [6.45, 7) is 3.62. The molecule has 90 valence electrons. The molecule has 2 fully saturated rings. The van der Waals surface area contributed by atoms with Gasteiger partial charge < -0.3 is 5.32 Å². The van der Waals surface area contributed by atoms with Gasteiger partial charge in [-0.05, 0) is 48.8 Å². The first-order valence-electron chi connectivity index (χ1n) is 6.98. The number of hydrogen-bond donors (Lipinski definition) is 1. The quantitative estimate of drug-likeness (QED) is 0.837. The van der Waals surface area contributed by atoms with Crippen LogP contribution in [0, 0.1) is 5.92 Å². The Hall–Kier alpha value is -1.02. The first kappa shape index (κ1) is 9.95. The standard InChI is InChI=1S/C15H20N2/c1-3-13-5-6-16-15(13)8-12(1)10-17-9-11-2-4-14(17)7-11/h1,3,8,11,14,16H,2,4-7,9-10H2. The zero-order valence-corrected chi connectivity index (χ0v) is 10.3. The van der Waals surface area contributed by atoms with Gasteiger partial charge in [-0.1, -0.05) is 12.1 Å². The number of nitrogens with zero attached hydrogens (tertiary/aromatic N) is 1. The molecule has 1 N–H and O–H groups in total. The van der Waals surface area contributed by atoms with E-state index in [2.05, 4.69) is 28.4 Å². The second kappa shape index (κ2) is 3.74. The number of anilines is 1. The van der Waals surface area contributed by atoms with Crippen LogP contribution in [0.2, 0.25) is 0 Å². The molecule has 0 amide bonds. The molecule has 1 aliphatic carbocycles. The van der Waals surface area contributed by atoms with Gasteiger partial charge in [0.1, 0.15) is 0 Å². The molecule has 2 heterocycles. The molecule has 0 radical (unpaired) electrons. The Morgan fingerprint density at radius 2 is 2.29 bits per heavy atom. The van der Waals surface area contributed by atoms with Gasteiger partial charge in [-0.2, -0.15) is 0 Å². The fraction of sp³-hybridized carbons (Fsp3) is 0.600. The van der Waals surface area contributed by atoms with E-state index < -0.39 is 0 Å². The minimum Gasteiger partial charge on any atom is -0.384 e. The normalized spacial score (nSPS) is 30.6. The summed E-state index contributed by atoms with van der Waals surface area (Å²) in [5, 5.41) is 3.48. The third-order valence-corrected chi connectivity index (χ3v) is 4.79. The van der Waals surface area contributed by atoms with Crippen LogP contribution >= 0.6 is 0 Å². The lowest BCUT2D eigenvalue weighted by Gasteiger charge is -2.26. The fourth-order valence-electron chi connectivity index (χ4n) is 3.89. The Morgan fingerprint density at radius 1 is 1.29 bits per heavy atom. The van der Waals surface area contributed by atoms with Gasteiger partial charge >= 0.3 is 0 Å². The van der Waals surface area contributed by atoms with Crippen molar-refractivity contribution >= 4 is 5.69 Å². The van der Waals surface area contributed by atoms with Gasteiger partial charge in [-0.3, -0.25) is 4.90 Å². The molecular formula is C15H20N2. The minimum atomic E-state index is 0.890. The molecule has 4 rings (SSSR count). The largest absolute Gasteiger partial charge is 0.384 e. The Balaban J connectivity index is 1.52. The van der Waals surface area contributed by atoms with E-state index in [1.54, 1.807) is 0 Å².